The fraction of sp³-hybridized carbons (Fsp3) is 0.450. The van der Waals surface area contributed by atoms with Gasteiger partial charge in [-0.1, -0.05) is 35.5 Å². The van der Waals surface area contributed by atoms with E-state index in [-0.39, 0.29) is 36.3 Å². The van der Waals surface area contributed by atoms with E-state index in [1.54, 1.807) is 13.8 Å². The number of nitrogens with zero attached hydrogens (tertiary/aromatic N) is 4. The molecule has 1 aromatic carbocycles. The quantitative estimate of drug-likeness (QED) is 0.649. The molecular weight excluding hydrogens is 422 g/mol. The van der Waals surface area contributed by atoms with Crippen LogP contribution in [0.15, 0.2) is 39.8 Å². The summed E-state index contributed by atoms with van der Waals surface area (Å²) in [5.74, 6) is 0.00310. The molecule has 0 saturated carbocycles. The van der Waals surface area contributed by atoms with Crippen molar-refractivity contribution in [3.8, 4) is 0 Å². The first-order chi connectivity index (χ1) is 14.8. The Kier molecular flexibility index (Phi) is 5.82. The van der Waals surface area contributed by atoms with Gasteiger partial charge in [-0.3, -0.25) is 9.69 Å². The van der Waals surface area contributed by atoms with Gasteiger partial charge in [0.1, 0.15) is 16.6 Å². The Hall–Kier alpha value is -2.76. The monoisotopic (exact) mass is 447 g/mol. The third-order valence-electron chi connectivity index (χ3n) is 5.63. The molecule has 31 heavy (non-hydrogen) atoms. The molecular formula is C20H25N5O5S. The topological polar surface area (TPSA) is 116 Å². The van der Waals surface area contributed by atoms with Crippen LogP contribution in [0, 0.1) is 13.8 Å². The second-order valence-electron chi connectivity index (χ2n) is 7.77. The molecule has 0 bridgehead atoms. The molecule has 3 amide bonds. The number of sulfonamides is 1. The maximum atomic E-state index is 12.9. The Labute approximate surface area is 180 Å². The number of carbonyl (C=O) groups excluding carboxylic acids is 2. The van der Waals surface area contributed by atoms with Crippen LogP contribution in [0.3, 0.4) is 0 Å². The summed E-state index contributed by atoms with van der Waals surface area (Å²) in [6.45, 7) is 4.63. The van der Waals surface area contributed by atoms with E-state index in [0.29, 0.717) is 25.2 Å². The van der Waals surface area contributed by atoms with Gasteiger partial charge >= 0.3 is 6.03 Å². The predicted octanol–water partition coefficient (Wildman–Crippen LogP) is 0.718. The van der Waals surface area contributed by atoms with Crippen LogP contribution in [0.5, 0.6) is 0 Å². The maximum absolute atomic E-state index is 12.9. The lowest BCUT2D eigenvalue weighted by Gasteiger charge is -2.35. The largest absolute Gasteiger partial charge is 0.360 e. The summed E-state index contributed by atoms with van der Waals surface area (Å²) in [5.41, 5.74) is 1.31. The summed E-state index contributed by atoms with van der Waals surface area (Å²) in [6, 6.07) is 8.51. The molecule has 2 fully saturated rings. The highest BCUT2D eigenvalue weighted by molar-refractivity contribution is 7.89. The van der Waals surface area contributed by atoms with E-state index in [1.165, 1.54) is 9.21 Å². The van der Waals surface area contributed by atoms with Crippen LogP contribution < -0.4 is 5.32 Å². The van der Waals surface area contributed by atoms with Crippen molar-refractivity contribution >= 4 is 22.0 Å². The van der Waals surface area contributed by atoms with Crippen molar-refractivity contribution in [3.05, 3.63) is 47.3 Å². The zero-order chi connectivity index (χ0) is 22.2. The first-order valence-electron chi connectivity index (χ1n) is 10.1. The van der Waals surface area contributed by atoms with Gasteiger partial charge in [-0.2, -0.15) is 4.31 Å². The summed E-state index contributed by atoms with van der Waals surface area (Å²) in [7, 11) is -3.71. The lowest BCUT2D eigenvalue weighted by atomic mass is 10.1. The summed E-state index contributed by atoms with van der Waals surface area (Å²) in [4.78, 5) is 28.3. The van der Waals surface area contributed by atoms with Crippen LogP contribution in [0.4, 0.5) is 4.79 Å². The molecule has 0 spiro atoms. The SMILES string of the molecule is Cc1noc(C)c1S(=O)(=O)N1CCN(CN2C(=O)N[C@H](Cc3ccccc3)C2=O)CC1. The van der Waals surface area contributed by atoms with Crippen molar-refractivity contribution in [2.75, 3.05) is 32.8 Å². The minimum atomic E-state index is -3.71. The number of hydrogen-bond donors (Lipinski definition) is 1. The molecule has 0 unspecified atom stereocenters. The van der Waals surface area contributed by atoms with E-state index < -0.39 is 22.1 Å². The van der Waals surface area contributed by atoms with E-state index in [2.05, 4.69) is 10.5 Å². The zero-order valence-corrected chi connectivity index (χ0v) is 18.3. The number of nitrogens with one attached hydrogen (secondary N) is 1. The van der Waals surface area contributed by atoms with Crippen molar-refractivity contribution in [1.82, 2.24) is 24.6 Å². The predicted molar refractivity (Wildman–Crippen MR) is 110 cm³/mol. The number of benzene rings is 1. The van der Waals surface area contributed by atoms with Gasteiger partial charge in [-0.05, 0) is 19.4 Å². The molecule has 2 saturated heterocycles. The fourth-order valence-corrected chi connectivity index (χ4v) is 5.70. The van der Waals surface area contributed by atoms with Crippen molar-refractivity contribution in [2.24, 2.45) is 0 Å². The van der Waals surface area contributed by atoms with Gasteiger partial charge in [0, 0.05) is 32.6 Å². The van der Waals surface area contributed by atoms with E-state index in [1.807, 2.05) is 35.2 Å². The lowest BCUT2D eigenvalue weighted by molar-refractivity contribution is -0.129. The van der Waals surface area contributed by atoms with E-state index in [0.717, 1.165) is 5.56 Å². The van der Waals surface area contributed by atoms with Crippen molar-refractivity contribution in [1.29, 1.82) is 0 Å². The second kappa shape index (κ2) is 8.40. The Morgan fingerprint density at radius 3 is 2.39 bits per heavy atom. The first-order valence-corrected chi connectivity index (χ1v) is 11.5. The molecule has 11 heteroatoms. The third-order valence-corrected chi connectivity index (χ3v) is 7.77. The normalized spacial score (nSPS) is 21.0. The molecule has 1 aromatic heterocycles. The molecule has 1 atom stereocenters. The lowest BCUT2D eigenvalue weighted by Crippen LogP contribution is -2.52. The summed E-state index contributed by atoms with van der Waals surface area (Å²) in [6.07, 6.45) is 0.436. The zero-order valence-electron chi connectivity index (χ0n) is 17.4. The Morgan fingerprint density at radius 2 is 1.77 bits per heavy atom. The number of amides is 3. The summed E-state index contributed by atoms with van der Waals surface area (Å²) in [5, 5.41) is 6.48. The molecule has 0 aliphatic carbocycles. The number of aryl methyl sites for hydroxylation is 2. The van der Waals surface area contributed by atoms with E-state index >= 15 is 0 Å². The second-order valence-corrected chi connectivity index (χ2v) is 9.65. The highest BCUT2D eigenvalue weighted by Gasteiger charge is 2.40. The average molecular weight is 448 g/mol. The molecule has 10 nitrogen and oxygen atoms in total. The van der Waals surface area contributed by atoms with Crippen molar-refractivity contribution < 1.29 is 22.5 Å². The number of aromatic nitrogens is 1. The van der Waals surface area contributed by atoms with Crippen LogP contribution in [0.25, 0.3) is 0 Å². The molecule has 166 valence electrons. The van der Waals surface area contributed by atoms with Gasteiger partial charge in [-0.15, -0.1) is 0 Å². The van der Waals surface area contributed by atoms with Crippen LogP contribution >= 0.6 is 0 Å². The molecule has 3 heterocycles. The number of carbonyl (C=O) groups is 2. The van der Waals surface area contributed by atoms with Crippen LogP contribution in [0.2, 0.25) is 0 Å². The number of hydrogen-bond acceptors (Lipinski definition) is 7. The van der Waals surface area contributed by atoms with Gasteiger partial charge < -0.3 is 9.84 Å². The van der Waals surface area contributed by atoms with Gasteiger partial charge in [0.25, 0.3) is 5.91 Å². The fourth-order valence-electron chi connectivity index (χ4n) is 3.98. The van der Waals surface area contributed by atoms with E-state index in [9.17, 15) is 18.0 Å². The number of urea groups is 1. The standard InChI is InChI=1S/C20H25N5O5S/c1-14-18(15(2)30-22-14)31(28,29)24-10-8-23(9-11-24)13-25-19(26)17(21-20(25)27)12-16-6-4-3-5-7-16/h3-7,17H,8-13H2,1-2H3,(H,21,27)/t17-/m1/s1. The maximum Gasteiger partial charge on any atom is 0.325 e. The third kappa shape index (κ3) is 4.21. The summed E-state index contributed by atoms with van der Waals surface area (Å²) >= 11 is 0. The number of imide groups is 1. The molecule has 4 rings (SSSR count). The highest BCUT2D eigenvalue weighted by atomic mass is 32.2. The number of piperazine rings is 1. The van der Waals surface area contributed by atoms with Crippen molar-refractivity contribution in [2.45, 2.75) is 31.2 Å². The van der Waals surface area contributed by atoms with Crippen molar-refractivity contribution in [3.63, 3.8) is 0 Å². The van der Waals surface area contributed by atoms with Gasteiger partial charge in [-0.25, -0.2) is 18.1 Å². The van der Waals surface area contributed by atoms with Gasteiger partial charge in [0.05, 0.1) is 6.67 Å². The van der Waals surface area contributed by atoms with Crippen LogP contribution in [-0.4, -0.2) is 78.5 Å². The van der Waals surface area contributed by atoms with Crippen LogP contribution in [0.1, 0.15) is 17.0 Å². The van der Waals surface area contributed by atoms with Gasteiger partial charge in [0.15, 0.2) is 5.76 Å². The number of rotatable bonds is 6. The minimum Gasteiger partial charge on any atom is -0.360 e. The molecule has 2 aliphatic heterocycles. The molecule has 1 N–H and O–H groups in total. The minimum absolute atomic E-state index is 0.110. The molecule has 2 aromatic rings. The Morgan fingerprint density at radius 1 is 1.10 bits per heavy atom. The van der Waals surface area contributed by atoms with E-state index in [4.69, 9.17) is 4.52 Å². The molecule has 2 aliphatic rings. The Balaban J connectivity index is 1.36. The van der Waals surface area contributed by atoms with Crippen LogP contribution in [-0.2, 0) is 21.2 Å². The molecule has 0 radical (unpaired) electrons. The Bertz CT molecular complexity index is 1060. The summed E-state index contributed by atoms with van der Waals surface area (Å²) < 4.78 is 32.3. The smallest absolute Gasteiger partial charge is 0.325 e. The van der Waals surface area contributed by atoms with Gasteiger partial charge in [0.2, 0.25) is 10.0 Å². The first kappa shape index (κ1) is 21.5. The average Bonchev–Trinajstić information content (AvgIpc) is 3.22. The highest BCUT2D eigenvalue weighted by Crippen LogP contribution is 2.24.